The van der Waals surface area contributed by atoms with E-state index in [1.54, 1.807) is 4.90 Å². The SMILES string of the molecule is Cc1cccc(Cn2cccc2CN(C(=O)Nc2ccc(F)c(F)c2)[C@@H](C)C(C)C)c1. The van der Waals surface area contributed by atoms with Crippen LogP contribution in [0.1, 0.15) is 37.6 Å². The van der Waals surface area contributed by atoms with Gasteiger partial charge in [-0.3, -0.25) is 0 Å². The number of carbonyl (C=O) groups excluding carboxylic acids is 1. The maximum Gasteiger partial charge on any atom is 0.322 e. The number of hydrogen-bond acceptors (Lipinski definition) is 1. The van der Waals surface area contributed by atoms with Crippen LogP contribution in [0.25, 0.3) is 0 Å². The topological polar surface area (TPSA) is 37.3 Å². The van der Waals surface area contributed by atoms with Crippen LogP contribution in [0.2, 0.25) is 0 Å². The van der Waals surface area contributed by atoms with Crippen molar-refractivity contribution in [3.8, 4) is 0 Å². The predicted octanol–water partition coefficient (Wildman–Crippen LogP) is 6.20. The molecular formula is C25H29F2N3O. The van der Waals surface area contributed by atoms with Crippen LogP contribution in [0.15, 0.2) is 60.8 Å². The molecule has 1 atom stereocenters. The number of nitrogens with zero attached hydrogens (tertiary/aromatic N) is 2. The molecule has 31 heavy (non-hydrogen) atoms. The number of halogens is 2. The van der Waals surface area contributed by atoms with Gasteiger partial charge in [-0.2, -0.15) is 0 Å². The van der Waals surface area contributed by atoms with E-state index in [0.29, 0.717) is 13.1 Å². The van der Waals surface area contributed by atoms with Gasteiger partial charge < -0.3 is 14.8 Å². The third kappa shape index (κ3) is 5.72. The number of aryl methyl sites for hydroxylation is 1. The molecule has 0 unspecified atom stereocenters. The quantitative estimate of drug-likeness (QED) is 0.481. The van der Waals surface area contributed by atoms with Gasteiger partial charge in [0, 0.05) is 36.2 Å². The normalized spacial score (nSPS) is 12.1. The summed E-state index contributed by atoms with van der Waals surface area (Å²) in [7, 11) is 0. The highest BCUT2D eigenvalue weighted by Gasteiger charge is 2.24. The summed E-state index contributed by atoms with van der Waals surface area (Å²) in [4.78, 5) is 14.8. The average Bonchev–Trinajstić information content (AvgIpc) is 3.15. The molecule has 0 fully saturated rings. The number of hydrogen-bond donors (Lipinski definition) is 1. The van der Waals surface area contributed by atoms with Gasteiger partial charge in [-0.1, -0.05) is 43.7 Å². The van der Waals surface area contributed by atoms with Gasteiger partial charge in [0.05, 0.1) is 6.54 Å². The minimum Gasteiger partial charge on any atom is -0.345 e. The highest BCUT2D eigenvalue weighted by molar-refractivity contribution is 5.89. The third-order valence-electron chi connectivity index (χ3n) is 5.58. The van der Waals surface area contributed by atoms with Crippen LogP contribution in [0.3, 0.4) is 0 Å². The lowest BCUT2D eigenvalue weighted by molar-refractivity contribution is 0.168. The molecular weight excluding hydrogens is 396 g/mol. The molecule has 6 heteroatoms. The highest BCUT2D eigenvalue weighted by atomic mass is 19.2. The van der Waals surface area contributed by atoms with Crippen molar-refractivity contribution in [3.05, 3.63) is 89.2 Å². The first-order chi connectivity index (χ1) is 14.7. The monoisotopic (exact) mass is 425 g/mol. The Kier molecular flexibility index (Phi) is 7.10. The van der Waals surface area contributed by atoms with Crippen LogP contribution < -0.4 is 5.32 Å². The molecule has 0 bridgehead atoms. The molecule has 2 aromatic carbocycles. The highest BCUT2D eigenvalue weighted by Crippen LogP contribution is 2.20. The van der Waals surface area contributed by atoms with Crippen molar-refractivity contribution in [2.45, 2.75) is 46.8 Å². The maximum atomic E-state index is 13.6. The summed E-state index contributed by atoms with van der Waals surface area (Å²) in [6.07, 6.45) is 2.00. The van der Waals surface area contributed by atoms with E-state index in [0.717, 1.165) is 17.8 Å². The fourth-order valence-corrected chi connectivity index (χ4v) is 3.46. The van der Waals surface area contributed by atoms with E-state index < -0.39 is 11.6 Å². The molecule has 0 saturated heterocycles. The first-order valence-corrected chi connectivity index (χ1v) is 10.5. The Labute approximate surface area is 182 Å². The van der Waals surface area contributed by atoms with Gasteiger partial charge in [-0.25, -0.2) is 13.6 Å². The molecule has 0 aliphatic rings. The summed E-state index contributed by atoms with van der Waals surface area (Å²) >= 11 is 0. The van der Waals surface area contributed by atoms with Gasteiger partial charge in [-0.15, -0.1) is 0 Å². The summed E-state index contributed by atoms with van der Waals surface area (Å²) in [5.41, 5.74) is 3.61. The van der Waals surface area contributed by atoms with Crippen molar-refractivity contribution in [1.82, 2.24) is 9.47 Å². The standard InChI is InChI=1S/C25H29F2N3O/c1-17(2)19(4)30(25(31)28-21-10-11-23(26)24(27)14-21)16-22-9-6-12-29(22)15-20-8-5-7-18(3)13-20/h5-14,17,19H,15-16H2,1-4H3,(H,28,31)/t19-/m0/s1. The number of urea groups is 1. The van der Waals surface area contributed by atoms with Crippen LogP contribution in [-0.4, -0.2) is 21.5 Å². The Morgan fingerprint density at radius 3 is 2.48 bits per heavy atom. The zero-order chi connectivity index (χ0) is 22.5. The zero-order valence-electron chi connectivity index (χ0n) is 18.4. The van der Waals surface area contributed by atoms with Gasteiger partial charge in [0.2, 0.25) is 0 Å². The predicted molar refractivity (Wildman–Crippen MR) is 120 cm³/mol. The van der Waals surface area contributed by atoms with Crippen molar-refractivity contribution in [1.29, 1.82) is 0 Å². The van der Waals surface area contributed by atoms with Crippen LogP contribution >= 0.6 is 0 Å². The van der Waals surface area contributed by atoms with Crippen LogP contribution in [0.5, 0.6) is 0 Å². The fourth-order valence-electron chi connectivity index (χ4n) is 3.46. The van der Waals surface area contributed by atoms with E-state index in [9.17, 15) is 13.6 Å². The number of rotatable bonds is 7. The van der Waals surface area contributed by atoms with Crippen molar-refractivity contribution >= 4 is 11.7 Å². The molecule has 4 nitrogen and oxygen atoms in total. The van der Waals surface area contributed by atoms with Crippen LogP contribution in [0.4, 0.5) is 19.3 Å². The van der Waals surface area contributed by atoms with Gasteiger partial charge >= 0.3 is 6.03 Å². The minimum absolute atomic E-state index is 0.0624. The Bertz CT molecular complexity index is 1040. The second-order valence-corrected chi connectivity index (χ2v) is 8.29. The van der Waals surface area contributed by atoms with Crippen molar-refractivity contribution < 1.29 is 13.6 Å². The number of benzene rings is 2. The molecule has 0 saturated carbocycles. The Hall–Kier alpha value is -3.15. The summed E-state index contributed by atoms with van der Waals surface area (Å²) in [6.45, 7) is 9.26. The first kappa shape index (κ1) is 22.5. The van der Waals surface area contributed by atoms with E-state index >= 15 is 0 Å². The fraction of sp³-hybridized carbons (Fsp3) is 0.320. The summed E-state index contributed by atoms with van der Waals surface area (Å²) in [5, 5.41) is 2.71. The lowest BCUT2D eigenvalue weighted by Crippen LogP contribution is -2.43. The van der Waals surface area contributed by atoms with E-state index in [1.165, 1.54) is 17.2 Å². The summed E-state index contributed by atoms with van der Waals surface area (Å²) in [5.74, 6) is -1.72. The number of nitrogens with one attached hydrogen (secondary N) is 1. The van der Waals surface area contributed by atoms with Gasteiger partial charge in [0.25, 0.3) is 0 Å². The van der Waals surface area contributed by atoms with E-state index in [4.69, 9.17) is 0 Å². The van der Waals surface area contributed by atoms with Gasteiger partial charge in [0.15, 0.2) is 11.6 Å². The Morgan fingerprint density at radius 2 is 1.81 bits per heavy atom. The number of amides is 2. The van der Waals surface area contributed by atoms with E-state index in [2.05, 4.69) is 35.0 Å². The van der Waals surface area contributed by atoms with Crippen molar-refractivity contribution in [3.63, 3.8) is 0 Å². The molecule has 0 spiro atoms. The van der Waals surface area contributed by atoms with Crippen molar-refractivity contribution in [2.24, 2.45) is 5.92 Å². The molecule has 164 valence electrons. The molecule has 3 aromatic rings. The molecule has 3 rings (SSSR count). The molecule has 1 heterocycles. The first-order valence-electron chi connectivity index (χ1n) is 10.5. The minimum atomic E-state index is -0.992. The largest absolute Gasteiger partial charge is 0.345 e. The molecule has 0 aliphatic carbocycles. The molecule has 0 radical (unpaired) electrons. The molecule has 0 aliphatic heterocycles. The van der Waals surface area contributed by atoms with Gasteiger partial charge in [-0.05, 0) is 49.6 Å². The number of carbonyl (C=O) groups is 1. The molecule has 1 aromatic heterocycles. The lowest BCUT2D eigenvalue weighted by atomic mass is 10.0. The second-order valence-electron chi connectivity index (χ2n) is 8.29. The summed E-state index contributed by atoms with van der Waals surface area (Å²) in [6, 6.07) is 15.2. The van der Waals surface area contributed by atoms with Crippen LogP contribution in [0, 0.1) is 24.5 Å². The van der Waals surface area contributed by atoms with Crippen LogP contribution in [-0.2, 0) is 13.1 Å². The molecule has 1 N–H and O–H groups in total. The Balaban J connectivity index is 1.81. The molecule has 2 amide bonds. The average molecular weight is 426 g/mol. The van der Waals surface area contributed by atoms with Gasteiger partial charge in [0.1, 0.15) is 0 Å². The van der Waals surface area contributed by atoms with E-state index in [-0.39, 0.29) is 23.7 Å². The smallest absolute Gasteiger partial charge is 0.322 e. The maximum absolute atomic E-state index is 13.6. The Morgan fingerprint density at radius 1 is 1.03 bits per heavy atom. The third-order valence-corrected chi connectivity index (χ3v) is 5.58. The van der Waals surface area contributed by atoms with E-state index in [1.807, 2.05) is 45.2 Å². The zero-order valence-corrected chi connectivity index (χ0v) is 18.4. The second kappa shape index (κ2) is 9.77. The number of anilines is 1. The summed E-state index contributed by atoms with van der Waals surface area (Å²) < 4.78 is 28.9. The number of aromatic nitrogens is 1. The van der Waals surface area contributed by atoms with Crippen molar-refractivity contribution in [2.75, 3.05) is 5.32 Å². The lowest BCUT2D eigenvalue weighted by Gasteiger charge is -2.32.